The molecule has 0 unspecified atom stereocenters. The first-order chi connectivity index (χ1) is 8.20. The molecule has 0 atom stereocenters. The van der Waals surface area contributed by atoms with Gasteiger partial charge in [-0.2, -0.15) is 0 Å². The molecule has 1 aliphatic carbocycles. The summed E-state index contributed by atoms with van der Waals surface area (Å²) in [4.78, 5) is 12.0. The highest BCUT2D eigenvalue weighted by Gasteiger charge is 2.42. The fraction of sp³-hybridized carbons (Fsp3) is 0.462. The lowest BCUT2D eigenvalue weighted by Gasteiger charge is -2.35. The van der Waals surface area contributed by atoms with E-state index in [1.165, 1.54) is 6.07 Å². The zero-order valence-corrected chi connectivity index (χ0v) is 9.71. The van der Waals surface area contributed by atoms with Crippen LogP contribution < -0.4 is 11.3 Å². The number of halogens is 1. The molecule has 1 aromatic carbocycles. The monoisotopic (exact) mass is 236 g/mol. The Morgan fingerprint density at radius 2 is 1.88 bits per heavy atom. The van der Waals surface area contributed by atoms with E-state index < -0.39 is 5.41 Å². The highest BCUT2D eigenvalue weighted by molar-refractivity contribution is 5.87. The summed E-state index contributed by atoms with van der Waals surface area (Å²) in [6.45, 7) is 0. The minimum atomic E-state index is -0.779. The number of nitrogens with one attached hydrogen (secondary N) is 1. The van der Waals surface area contributed by atoms with Crippen LogP contribution in [-0.4, -0.2) is 5.91 Å². The van der Waals surface area contributed by atoms with Gasteiger partial charge in [-0.3, -0.25) is 10.2 Å². The summed E-state index contributed by atoms with van der Waals surface area (Å²) in [5.41, 5.74) is 1.89. The topological polar surface area (TPSA) is 55.1 Å². The zero-order chi connectivity index (χ0) is 12.3. The lowest BCUT2D eigenvalue weighted by Crippen LogP contribution is -2.48. The van der Waals surface area contributed by atoms with Gasteiger partial charge in [-0.05, 0) is 18.9 Å². The van der Waals surface area contributed by atoms with Gasteiger partial charge in [0.15, 0.2) is 0 Å². The summed E-state index contributed by atoms with van der Waals surface area (Å²) < 4.78 is 13.9. The Balaban J connectivity index is 2.46. The molecular weight excluding hydrogens is 219 g/mol. The van der Waals surface area contributed by atoms with Gasteiger partial charge in [-0.1, -0.05) is 37.5 Å². The number of hydrazine groups is 1. The summed E-state index contributed by atoms with van der Waals surface area (Å²) in [5.74, 6) is 4.66. The smallest absolute Gasteiger partial charge is 0.244 e. The Kier molecular flexibility index (Phi) is 3.43. The highest BCUT2D eigenvalue weighted by atomic mass is 19.1. The highest BCUT2D eigenvalue weighted by Crippen LogP contribution is 2.40. The zero-order valence-electron chi connectivity index (χ0n) is 9.71. The van der Waals surface area contributed by atoms with Crippen LogP contribution in [0.4, 0.5) is 4.39 Å². The van der Waals surface area contributed by atoms with Crippen LogP contribution in [0.3, 0.4) is 0 Å². The molecule has 0 saturated heterocycles. The number of amides is 1. The largest absolute Gasteiger partial charge is 0.293 e. The predicted octanol–water partition coefficient (Wildman–Crippen LogP) is 2.02. The summed E-state index contributed by atoms with van der Waals surface area (Å²) in [5, 5.41) is 0. The lowest BCUT2D eigenvalue weighted by atomic mass is 9.68. The third-order valence-electron chi connectivity index (χ3n) is 3.66. The van der Waals surface area contributed by atoms with Crippen LogP contribution in [-0.2, 0) is 10.2 Å². The Morgan fingerprint density at radius 3 is 2.47 bits per heavy atom. The first-order valence-corrected chi connectivity index (χ1v) is 5.97. The molecule has 0 spiro atoms. The van der Waals surface area contributed by atoms with Crippen molar-refractivity contribution in [2.24, 2.45) is 5.84 Å². The lowest BCUT2D eigenvalue weighted by molar-refractivity contribution is -0.128. The third kappa shape index (κ3) is 2.05. The molecule has 3 nitrogen and oxygen atoms in total. The molecule has 0 radical (unpaired) electrons. The van der Waals surface area contributed by atoms with Gasteiger partial charge in [-0.25, -0.2) is 10.2 Å². The van der Waals surface area contributed by atoms with Crippen molar-refractivity contribution in [3.05, 3.63) is 35.6 Å². The molecule has 3 N–H and O–H groups in total. The molecule has 1 aliphatic rings. The second-order valence-corrected chi connectivity index (χ2v) is 4.60. The number of hydrogen-bond donors (Lipinski definition) is 2. The average Bonchev–Trinajstić information content (AvgIpc) is 2.39. The first-order valence-electron chi connectivity index (χ1n) is 5.97. The van der Waals surface area contributed by atoms with Gasteiger partial charge >= 0.3 is 0 Å². The summed E-state index contributed by atoms with van der Waals surface area (Å²) in [6, 6.07) is 6.49. The molecule has 1 amide bonds. The van der Waals surface area contributed by atoms with E-state index in [0.29, 0.717) is 18.4 Å². The van der Waals surface area contributed by atoms with Crippen LogP contribution in [0.2, 0.25) is 0 Å². The molecule has 1 fully saturated rings. The van der Waals surface area contributed by atoms with Crippen LogP contribution in [0.15, 0.2) is 24.3 Å². The number of benzene rings is 1. The number of rotatable bonds is 2. The van der Waals surface area contributed by atoms with E-state index in [1.54, 1.807) is 18.2 Å². The van der Waals surface area contributed by atoms with Crippen LogP contribution in [0.1, 0.15) is 37.7 Å². The molecule has 0 heterocycles. The molecule has 4 heteroatoms. The van der Waals surface area contributed by atoms with Crippen LogP contribution >= 0.6 is 0 Å². The minimum Gasteiger partial charge on any atom is -0.293 e. The Bertz CT molecular complexity index is 414. The normalized spacial score (nSPS) is 18.7. The van der Waals surface area contributed by atoms with Gasteiger partial charge in [0.25, 0.3) is 0 Å². The SMILES string of the molecule is NNC(=O)C1(c2ccccc2F)CCCCC1. The van der Waals surface area contributed by atoms with E-state index in [1.807, 2.05) is 0 Å². The quantitative estimate of drug-likeness (QED) is 0.469. The number of hydrogen-bond acceptors (Lipinski definition) is 2. The van der Waals surface area contributed by atoms with Crippen molar-refractivity contribution in [1.29, 1.82) is 0 Å². The molecule has 92 valence electrons. The van der Waals surface area contributed by atoms with Crippen molar-refractivity contribution in [3.8, 4) is 0 Å². The van der Waals surface area contributed by atoms with Gasteiger partial charge in [0.05, 0.1) is 5.41 Å². The molecule has 17 heavy (non-hydrogen) atoms. The van der Waals surface area contributed by atoms with Crippen molar-refractivity contribution in [1.82, 2.24) is 5.43 Å². The van der Waals surface area contributed by atoms with E-state index in [0.717, 1.165) is 19.3 Å². The molecule has 1 aromatic rings. The summed E-state index contributed by atoms with van der Waals surface area (Å²) in [7, 11) is 0. The maximum absolute atomic E-state index is 13.9. The molecule has 1 saturated carbocycles. The molecule has 0 bridgehead atoms. The fourth-order valence-corrected chi connectivity index (χ4v) is 2.76. The van der Waals surface area contributed by atoms with Crippen LogP contribution in [0.5, 0.6) is 0 Å². The Hall–Kier alpha value is -1.42. The molecule has 2 rings (SSSR count). The molecule has 0 aliphatic heterocycles. The Morgan fingerprint density at radius 1 is 1.24 bits per heavy atom. The predicted molar refractivity (Wildman–Crippen MR) is 63.5 cm³/mol. The van der Waals surface area contributed by atoms with E-state index in [4.69, 9.17) is 5.84 Å². The van der Waals surface area contributed by atoms with Crippen LogP contribution in [0.25, 0.3) is 0 Å². The second-order valence-electron chi connectivity index (χ2n) is 4.60. The maximum Gasteiger partial charge on any atom is 0.244 e. The van der Waals surface area contributed by atoms with E-state index in [-0.39, 0.29) is 11.7 Å². The van der Waals surface area contributed by atoms with Gasteiger partial charge in [0.2, 0.25) is 5.91 Å². The van der Waals surface area contributed by atoms with E-state index >= 15 is 0 Å². The van der Waals surface area contributed by atoms with Crippen molar-refractivity contribution in [2.45, 2.75) is 37.5 Å². The fourth-order valence-electron chi connectivity index (χ4n) is 2.76. The minimum absolute atomic E-state index is 0.276. The molecule has 0 aromatic heterocycles. The van der Waals surface area contributed by atoms with E-state index in [9.17, 15) is 9.18 Å². The standard InChI is InChI=1S/C13H17FN2O/c14-11-7-3-2-6-10(11)13(12(17)16-15)8-4-1-5-9-13/h2-3,6-7H,1,4-5,8-9,15H2,(H,16,17). The van der Waals surface area contributed by atoms with Crippen LogP contribution in [0, 0.1) is 5.82 Å². The Labute approximate surface area is 100 Å². The number of carbonyl (C=O) groups is 1. The number of carbonyl (C=O) groups excluding carboxylic acids is 1. The average molecular weight is 236 g/mol. The van der Waals surface area contributed by atoms with Crippen molar-refractivity contribution < 1.29 is 9.18 Å². The van der Waals surface area contributed by atoms with Crippen molar-refractivity contribution in [2.75, 3.05) is 0 Å². The first kappa shape index (κ1) is 12.0. The third-order valence-corrected chi connectivity index (χ3v) is 3.66. The molecular formula is C13H17FN2O. The van der Waals surface area contributed by atoms with Gasteiger partial charge in [0, 0.05) is 5.56 Å². The van der Waals surface area contributed by atoms with Gasteiger partial charge in [0.1, 0.15) is 5.82 Å². The number of nitrogens with two attached hydrogens (primary N) is 1. The van der Waals surface area contributed by atoms with Gasteiger partial charge in [-0.15, -0.1) is 0 Å². The maximum atomic E-state index is 13.9. The van der Waals surface area contributed by atoms with Crippen molar-refractivity contribution in [3.63, 3.8) is 0 Å². The van der Waals surface area contributed by atoms with Gasteiger partial charge < -0.3 is 0 Å². The van der Waals surface area contributed by atoms with Crippen molar-refractivity contribution >= 4 is 5.91 Å². The second kappa shape index (κ2) is 4.84. The van der Waals surface area contributed by atoms with E-state index in [2.05, 4.69) is 5.43 Å². The summed E-state index contributed by atoms with van der Waals surface area (Å²) >= 11 is 0. The summed E-state index contributed by atoms with van der Waals surface area (Å²) in [6.07, 6.45) is 4.28.